The van der Waals surface area contributed by atoms with Crippen molar-refractivity contribution < 1.29 is 22.5 Å². The summed E-state index contributed by atoms with van der Waals surface area (Å²) >= 11 is -2.36. The maximum Gasteiger partial charge on any atom is 0.307 e. The number of carbonyl (C=O) groups excluding carboxylic acids is 1. The highest BCUT2D eigenvalue weighted by molar-refractivity contribution is 7.74. The molecule has 0 aromatic rings. The molecule has 0 aliphatic carbocycles. The van der Waals surface area contributed by atoms with E-state index in [0.717, 1.165) is 0 Å². The van der Waals surface area contributed by atoms with Crippen molar-refractivity contribution in [3.05, 3.63) is 0 Å². The van der Waals surface area contributed by atoms with Gasteiger partial charge in [0.1, 0.15) is 0 Å². The van der Waals surface area contributed by atoms with E-state index in [4.69, 9.17) is 4.55 Å². The van der Waals surface area contributed by atoms with Gasteiger partial charge < -0.3 is 4.74 Å². The highest BCUT2D eigenvalue weighted by Crippen LogP contribution is 1.86. The lowest BCUT2D eigenvalue weighted by molar-refractivity contribution is -0.149. The molecule has 5 nitrogen and oxygen atoms in total. The summed E-state index contributed by atoms with van der Waals surface area (Å²) < 4.78 is 26.1. The van der Waals surface area contributed by atoms with E-state index in [1.54, 1.807) is 6.92 Å². The monoisotopic (exact) mass is 168 g/mol. The van der Waals surface area contributed by atoms with Crippen LogP contribution in [0, 0.1) is 0 Å². The number of hydrogen-bond acceptors (Lipinski definition) is 4. The highest BCUT2D eigenvalue weighted by Gasteiger charge is 1.98. The van der Waals surface area contributed by atoms with E-state index in [2.05, 4.69) is 8.92 Å². The summed E-state index contributed by atoms with van der Waals surface area (Å²) in [5.74, 6) is -0.467. The minimum Gasteiger partial charge on any atom is -0.437 e. The van der Waals surface area contributed by atoms with Gasteiger partial charge in [-0.05, 0) is 0 Å². The summed E-state index contributed by atoms with van der Waals surface area (Å²) in [7, 11) is 0. The summed E-state index contributed by atoms with van der Waals surface area (Å²) in [4.78, 5) is 10.3. The molecular weight excluding hydrogens is 160 g/mol. The van der Waals surface area contributed by atoms with Crippen LogP contribution in [0.1, 0.15) is 13.3 Å². The van der Waals surface area contributed by atoms with Crippen molar-refractivity contribution in [2.45, 2.75) is 13.3 Å². The van der Waals surface area contributed by atoms with Gasteiger partial charge in [-0.25, -0.2) is 4.18 Å². The zero-order chi connectivity index (χ0) is 7.98. The largest absolute Gasteiger partial charge is 0.437 e. The van der Waals surface area contributed by atoms with Gasteiger partial charge in [-0.3, -0.25) is 9.35 Å². The summed E-state index contributed by atoms with van der Waals surface area (Å²) in [6.45, 7) is 1.13. The molecule has 0 aliphatic rings. The van der Waals surface area contributed by atoms with Gasteiger partial charge >= 0.3 is 17.3 Å². The Morgan fingerprint density at radius 3 is 2.70 bits per heavy atom. The van der Waals surface area contributed by atoms with Crippen LogP contribution in [-0.2, 0) is 25.1 Å². The summed E-state index contributed by atoms with van der Waals surface area (Å²) in [6.07, 6.45) is 0.224. The minimum atomic E-state index is -2.36. The predicted octanol–water partition coefficient (Wildman–Crippen LogP) is 0.0504. The lowest BCUT2D eigenvalue weighted by Gasteiger charge is -1.98. The predicted molar refractivity (Wildman–Crippen MR) is 33.1 cm³/mol. The van der Waals surface area contributed by atoms with Crippen molar-refractivity contribution in [1.29, 1.82) is 0 Å². The Morgan fingerprint density at radius 1 is 1.70 bits per heavy atom. The van der Waals surface area contributed by atoms with Crippen molar-refractivity contribution in [2.24, 2.45) is 0 Å². The number of ether oxygens (including phenoxy) is 1. The van der Waals surface area contributed by atoms with Crippen LogP contribution in [0.25, 0.3) is 0 Å². The fourth-order valence-electron chi connectivity index (χ4n) is 0.233. The number of esters is 1. The Labute approximate surface area is 60.8 Å². The third-order valence-electron chi connectivity index (χ3n) is 0.658. The second kappa shape index (κ2) is 5.33. The van der Waals surface area contributed by atoms with E-state index in [9.17, 15) is 9.00 Å². The molecule has 0 amide bonds. The zero-order valence-corrected chi connectivity index (χ0v) is 6.22. The third-order valence-corrected chi connectivity index (χ3v) is 0.955. The molecule has 0 radical (unpaired) electrons. The molecule has 1 N–H and O–H groups in total. The van der Waals surface area contributed by atoms with Gasteiger partial charge in [0, 0.05) is 6.42 Å². The molecule has 0 saturated heterocycles. The molecule has 1 unspecified atom stereocenters. The summed E-state index contributed by atoms with van der Waals surface area (Å²) in [5.41, 5.74) is 0. The third kappa shape index (κ3) is 5.67. The first kappa shape index (κ1) is 9.54. The van der Waals surface area contributed by atoms with Crippen LogP contribution in [0.3, 0.4) is 0 Å². The van der Waals surface area contributed by atoms with E-state index in [0.29, 0.717) is 0 Å². The smallest absolute Gasteiger partial charge is 0.307 e. The fraction of sp³-hybridized carbons (Fsp3) is 0.750. The van der Waals surface area contributed by atoms with Crippen molar-refractivity contribution in [3.63, 3.8) is 0 Å². The maximum atomic E-state index is 10.3. The highest BCUT2D eigenvalue weighted by atomic mass is 32.2. The second-order valence-corrected chi connectivity index (χ2v) is 1.99. The molecular formula is C4H8O5S. The number of carbonyl (C=O) groups is 1. The first-order valence-corrected chi connectivity index (χ1v) is 3.59. The van der Waals surface area contributed by atoms with Gasteiger partial charge in [-0.15, -0.1) is 0 Å². The first-order chi connectivity index (χ1) is 4.66. The molecule has 1 atom stereocenters. The van der Waals surface area contributed by atoms with Gasteiger partial charge in [0.2, 0.25) is 6.79 Å². The Hall–Kier alpha value is -0.460. The zero-order valence-electron chi connectivity index (χ0n) is 5.40. The second-order valence-electron chi connectivity index (χ2n) is 1.32. The Balaban J connectivity index is 3.20. The summed E-state index contributed by atoms with van der Waals surface area (Å²) in [6, 6.07) is 0. The lowest BCUT2D eigenvalue weighted by atomic mass is 10.5. The van der Waals surface area contributed by atoms with Crippen LogP contribution in [0.15, 0.2) is 0 Å². The lowest BCUT2D eigenvalue weighted by Crippen LogP contribution is -2.07. The molecule has 6 heteroatoms. The molecule has 0 rings (SSSR count). The SMILES string of the molecule is CCC(=O)OCOS(=O)O. The Morgan fingerprint density at radius 2 is 2.30 bits per heavy atom. The van der Waals surface area contributed by atoms with E-state index >= 15 is 0 Å². The average Bonchev–Trinajstić information content (AvgIpc) is 1.87. The fourth-order valence-corrected chi connectivity index (χ4v) is 0.363. The molecule has 0 bridgehead atoms. The standard InChI is InChI=1S/C4H8O5S/c1-2-4(5)8-3-9-10(6)7/h2-3H2,1H3,(H,6,7). The van der Waals surface area contributed by atoms with Crippen LogP contribution < -0.4 is 0 Å². The van der Waals surface area contributed by atoms with E-state index in [1.165, 1.54) is 0 Å². The van der Waals surface area contributed by atoms with E-state index in [-0.39, 0.29) is 6.42 Å². The van der Waals surface area contributed by atoms with Crippen molar-refractivity contribution >= 4 is 17.3 Å². The molecule has 0 spiro atoms. The molecule has 60 valence electrons. The van der Waals surface area contributed by atoms with Gasteiger partial charge in [0.05, 0.1) is 0 Å². The van der Waals surface area contributed by atoms with Crippen LogP contribution in [-0.4, -0.2) is 21.5 Å². The van der Waals surface area contributed by atoms with Gasteiger partial charge in [-0.2, -0.15) is 4.21 Å². The van der Waals surface area contributed by atoms with Crippen molar-refractivity contribution in [2.75, 3.05) is 6.79 Å². The maximum absolute atomic E-state index is 10.3. The normalized spacial score (nSPS) is 12.6. The molecule has 0 aromatic heterocycles. The first-order valence-electron chi connectivity index (χ1n) is 2.56. The summed E-state index contributed by atoms with van der Waals surface area (Å²) in [5, 5.41) is 0. The van der Waals surface area contributed by atoms with E-state index < -0.39 is 24.1 Å². The van der Waals surface area contributed by atoms with E-state index in [1.807, 2.05) is 0 Å². The van der Waals surface area contributed by atoms with Gasteiger partial charge in [0.25, 0.3) is 0 Å². The van der Waals surface area contributed by atoms with Crippen LogP contribution in [0.5, 0.6) is 0 Å². The molecule has 0 aromatic carbocycles. The van der Waals surface area contributed by atoms with Crippen molar-refractivity contribution in [1.82, 2.24) is 0 Å². The van der Waals surface area contributed by atoms with Crippen LogP contribution in [0.2, 0.25) is 0 Å². The molecule has 0 fully saturated rings. The molecule has 10 heavy (non-hydrogen) atoms. The van der Waals surface area contributed by atoms with Crippen molar-refractivity contribution in [3.8, 4) is 0 Å². The molecule has 0 saturated carbocycles. The van der Waals surface area contributed by atoms with Gasteiger partial charge in [0.15, 0.2) is 0 Å². The topological polar surface area (TPSA) is 72.8 Å². The van der Waals surface area contributed by atoms with Crippen LogP contribution in [0.4, 0.5) is 0 Å². The number of rotatable bonds is 4. The average molecular weight is 168 g/mol. The quantitative estimate of drug-likeness (QED) is 0.365. The Kier molecular flexibility index (Phi) is 5.09. The molecule has 0 heterocycles. The van der Waals surface area contributed by atoms with Gasteiger partial charge in [-0.1, -0.05) is 6.92 Å². The minimum absolute atomic E-state index is 0.224. The number of hydrogen-bond donors (Lipinski definition) is 1. The molecule has 0 aliphatic heterocycles. The Bertz CT molecular complexity index is 134. The van der Waals surface area contributed by atoms with Crippen LogP contribution >= 0.6 is 0 Å².